The van der Waals surface area contributed by atoms with Gasteiger partial charge in [0.25, 0.3) is 0 Å². The minimum absolute atomic E-state index is 0.0159. The van der Waals surface area contributed by atoms with Crippen molar-refractivity contribution in [2.45, 2.75) is 38.8 Å². The average molecular weight is 277 g/mol. The molecule has 1 aromatic rings. The molecule has 1 fully saturated rings. The summed E-state index contributed by atoms with van der Waals surface area (Å²) in [6, 6.07) is 5.65. The normalized spacial score (nSPS) is 17.2. The van der Waals surface area contributed by atoms with Gasteiger partial charge in [0.05, 0.1) is 0 Å². The summed E-state index contributed by atoms with van der Waals surface area (Å²) in [7, 11) is 2.08. The number of nitrogens with one attached hydrogen (secondary N) is 1. The molecule has 5 heteroatoms. The molecular formula is C15H23N3O2. The average Bonchev–Trinajstić information content (AvgIpc) is 2.41. The molecule has 1 N–H and O–H groups in total. The number of hydrogen-bond acceptors (Lipinski definition) is 5. The van der Waals surface area contributed by atoms with Crippen LogP contribution in [0.2, 0.25) is 0 Å². The minimum Gasteiger partial charge on any atom is -0.458 e. The number of aromatic nitrogens is 1. The van der Waals surface area contributed by atoms with Crippen LogP contribution in [0, 0.1) is 0 Å². The van der Waals surface area contributed by atoms with Crippen LogP contribution >= 0.6 is 0 Å². The highest BCUT2D eigenvalue weighted by molar-refractivity contribution is 5.87. The van der Waals surface area contributed by atoms with Crippen molar-refractivity contribution in [3.05, 3.63) is 23.9 Å². The molecule has 1 aromatic heterocycles. The lowest BCUT2D eigenvalue weighted by Crippen LogP contribution is -2.35. The van der Waals surface area contributed by atoms with Crippen LogP contribution in [0.25, 0.3) is 0 Å². The van der Waals surface area contributed by atoms with Crippen molar-refractivity contribution in [3.8, 4) is 0 Å². The molecule has 1 saturated heterocycles. The second kappa shape index (κ2) is 6.70. The number of rotatable bonds is 4. The predicted molar refractivity (Wildman–Crippen MR) is 78.9 cm³/mol. The Kier molecular flexibility index (Phi) is 4.95. The number of carbonyl (C=O) groups excluding carboxylic acids is 1. The van der Waals surface area contributed by atoms with E-state index in [9.17, 15) is 4.79 Å². The summed E-state index contributed by atoms with van der Waals surface area (Å²) in [5.41, 5.74) is 0.370. The Bertz CT molecular complexity index is 454. The number of nitrogens with zero attached hydrogens (tertiary/aromatic N) is 2. The third-order valence-electron chi connectivity index (χ3n) is 3.33. The molecule has 0 spiro atoms. The second-order valence-electron chi connectivity index (χ2n) is 5.62. The summed E-state index contributed by atoms with van der Waals surface area (Å²) in [4.78, 5) is 18.6. The van der Waals surface area contributed by atoms with E-state index in [0.29, 0.717) is 11.5 Å². The van der Waals surface area contributed by atoms with Gasteiger partial charge in [-0.1, -0.05) is 6.07 Å². The standard InChI is InChI=1S/C15H23N3O2/c1-11(2)16-14-6-4-5-13(17-14)15(19)20-12-7-9-18(3)10-8-12/h4-6,11-12H,7-10H2,1-3H3,(H,16,17). The van der Waals surface area contributed by atoms with Gasteiger partial charge in [-0.05, 0) is 45.9 Å². The lowest BCUT2D eigenvalue weighted by atomic mass is 10.1. The topological polar surface area (TPSA) is 54.5 Å². The fraction of sp³-hybridized carbons (Fsp3) is 0.600. The van der Waals surface area contributed by atoms with Crippen LogP contribution in [0.1, 0.15) is 37.2 Å². The first-order chi connectivity index (χ1) is 9.54. The predicted octanol–water partition coefficient (Wildman–Crippen LogP) is 2.15. The Labute approximate surface area is 120 Å². The van der Waals surface area contributed by atoms with E-state index in [1.165, 1.54) is 0 Å². The van der Waals surface area contributed by atoms with Crippen molar-refractivity contribution in [1.29, 1.82) is 0 Å². The van der Waals surface area contributed by atoms with Gasteiger partial charge in [0.1, 0.15) is 11.9 Å². The van der Waals surface area contributed by atoms with Crippen LogP contribution in [0.4, 0.5) is 5.82 Å². The molecule has 0 radical (unpaired) electrons. The van der Waals surface area contributed by atoms with Crippen LogP contribution in [0.3, 0.4) is 0 Å². The zero-order chi connectivity index (χ0) is 14.5. The van der Waals surface area contributed by atoms with E-state index in [0.717, 1.165) is 25.9 Å². The monoisotopic (exact) mass is 277 g/mol. The Morgan fingerprint density at radius 3 is 2.75 bits per heavy atom. The smallest absolute Gasteiger partial charge is 0.357 e. The van der Waals surface area contributed by atoms with Gasteiger partial charge >= 0.3 is 5.97 Å². The van der Waals surface area contributed by atoms with Gasteiger partial charge in [0.2, 0.25) is 0 Å². The summed E-state index contributed by atoms with van der Waals surface area (Å²) in [5.74, 6) is 0.379. The molecular weight excluding hydrogens is 254 g/mol. The third kappa shape index (κ3) is 4.20. The lowest BCUT2D eigenvalue weighted by Gasteiger charge is -2.28. The summed E-state index contributed by atoms with van der Waals surface area (Å²) < 4.78 is 5.53. The maximum Gasteiger partial charge on any atom is 0.357 e. The van der Waals surface area contributed by atoms with Gasteiger partial charge in [-0.15, -0.1) is 0 Å². The number of anilines is 1. The molecule has 0 bridgehead atoms. The molecule has 0 amide bonds. The van der Waals surface area contributed by atoms with Crippen LogP contribution < -0.4 is 5.32 Å². The molecule has 0 atom stereocenters. The highest BCUT2D eigenvalue weighted by Crippen LogP contribution is 2.15. The van der Waals surface area contributed by atoms with Gasteiger partial charge in [0, 0.05) is 19.1 Å². The summed E-state index contributed by atoms with van der Waals surface area (Å²) >= 11 is 0. The van der Waals surface area contributed by atoms with Crippen molar-refractivity contribution in [2.24, 2.45) is 0 Å². The molecule has 2 rings (SSSR count). The SMILES string of the molecule is CC(C)Nc1cccc(C(=O)OC2CCN(C)CC2)n1. The van der Waals surface area contributed by atoms with Crippen molar-refractivity contribution < 1.29 is 9.53 Å². The zero-order valence-corrected chi connectivity index (χ0v) is 12.4. The number of likely N-dealkylation sites (tertiary alicyclic amines) is 1. The van der Waals surface area contributed by atoms with E-state index in [1.54, 1.807) is 6.07 Å². The maximum absolute atomic E-state index is 12.1. The van der Waals surface area contributed by atoms with Crippen molar-refractivity contribution in [3.63, 3.8) is 0 Å². The number of piperidine rings is 1. The number of hydrogen-bond donors (Lipinski definition) is 1. The van der Waals surface area contributed by atoms with Gasteiger partial charge in [0.15, 0.2) is 5.69 Å². The highest BCUT2D eigenvalue weighted by atomic mass is 16.5. The fourth-order valence-corrected chi connectivity index (χ4v) is 2.24. The number of carbonyl (C=O) groups is 1. The fourth-order valence-electron chi connectivity index (χ4n) is 2.24. The second-order valence-corrected chi connectivity index (χ2v) is 5.62. The van der Waals surface area contributed by atoms with Crippen LogP contribution in [0.5, 0.6) is 0 Å². The Hall–Kier alpha value is -1.62. The Morgan fingerprint density at radius 2 is 2.10 bits per heavy atom. The van der Waals surface area contributed by atoms with Crippen LogP contribution in [0.15, 0.2) is 18.2 Å². The van der Waals surface area contributed by atoms with Gasteiger partial charge in [-0.3, -0.25) is 0 Å². The third-order valence-corrected chi connectivity index (χ3v) is 3.33. The van der Waals surface area contributed by atoms with E-state index in [1.807, 2.05) is 26.0 Å². The number of esters is 1. The summed E-state index contributed by atoms with van der Waals surface area (Å²) in [5, 5.41) is 3.18. The van der Waals surface area contributed by atoms with Gasteiger partial charge in [-0.25, -0.2) is 9.78 Å². The lowest BCUT2D eigenvalue weighted by molar-refractivity contribution is 0.0133. The highest BCUT2D eigenvalue weighted by Gasteiger charge is 2.21. The summed E-state index contributed by atoms with van der Waals surface area (Å²) in [6.07, 6.45) is 1.81. The molecule has 1 aliphatic rings. The van der Waals surface area contributed by atoms with E-state index in [2.05, 4.69) is 22.2 Å². The van der Waals surface area contributed by atoms with Crippen LogP contribution in [-0.4, -0.2) is 48.1 Å². The first kappa shape index (κ1) is 14.8. The molecule has 20 heavy (non-hydrogen) atoms. The maximum atomic E-state index is 12.1. The first-order valence-electron chi connectivity index (χ1n) is 7.17. The quantitative estimate of drug-likeness (QED) is 0.855. The molecule has 110 valence electrons. The van der Waals surface area contributed by atoms with Crippen molar-refractivity contribution in [1.82, 2.24) is 9.88 Å². The molecule has 2 heterocycles. The minimum atomic E-state index is -0.327. The first-order valence-corrected chi connectivity index (χ1v) is 7.17. The number of ether oxygens (including phenoxy) is 1. The molecule has 0 aliphatic carbocycles. The van der Waals surface area contributed by atoms with Gasteiger partial charge < -0.3 is 15.0 Å². The molecule has 0 aromatic carbocycles. The zero-order valence-electron chi connectivity index (χ0n) is 12.4. The van der Waals surface area contributed by atoms with Crippen LogP contribution in [-0.2, 0) is 4.74 Å². The van der Waals surface area contributed by atoms with Crippen molar-refractivity contribution >= 4 is 11.8 Å². The molecule has 1 aliphatic heterocycles. The van der Waals surface area contributed by atoms with E-state index in [-0.39, 0.29) is 18.1 Å². The molecule has 5 nitrogen and oxygen atoms in total. The van der Waals surface area contributed by atoms with E-state index >= 15 is 0 Å². The molecule has 0 unspecified atom stereocenters. The summed E-state index contributed by atoms with van der Waals surface area (Å²) in [6.45, 7) is 6.01. The number of pyridine rings is 1. The van der Waals surface area contributed by atoms with Gasteiger partial charge in [-0.2, -0.15) is 0 Å². The Morgan fingerprint density at radius 1 is 1.40 bits per heavy atom. The van der Waals surface area contributed by atoms with E-state index in [4.69, 9.17) is 4.74 Å². The largest absolute Gasteiger partial charge is 0.458 e. The molecule has 0 saturated carbocycles. The Balaban J connectivity index is 1.95. The van der Waals surface area contributed by atoms with Crippen molar-refractivity contribution in [2.75, 3.05) is 25.5 Å². The van der Waals surface area contributed by atoms with E-state index < -0.39 is 0 Å².